The largest absolute Gasteiger partial charge is 0.416 e. The minimum absolute atomic E-state index is 0.184. The first-order valence-corrected chi connectivity index (χ1v) is 7.74. The molecule has 26 heavy (non-hydrogen) atoms. The number of aryl methyl sites for hydroxylation is 1. The van der Waals surface area contributed by atoms with E-state index in [1.165, 1.54) is 21.4 Å². The maximum atomic E-state index is 12.8. The molecule has 0 aliphatic heterocycles. The first-order valence-electron chi connectivity index (χ1n) is 7.74. The van der Waals surface area contributed by atoms with Crippen molar-refractivity contribution >= 4 is 21.8 Å². The Kier molecular flexibility index (Phi) is 3.33. The molecular weight excluding hydrogens is 345 g/mol. The summed E-state index contributed by atoms with van der Waals surface area (Å²) < 4.78 is 40.9. The Labute approximate surface area is 144 Å². The molecule has 4 rings (SSSR count). The zero-order chi connectivity index (χ0) is 18.6. The van der Waals surface area contributed by atoms with Gasteiger partial charge in [0.1, 0.15) is 11.0 Å². The number of H-pyrrole nitrogens is 1. The number of benzene rings is 2. The highest BCUT2D eigenvalue weighted by atomic mass is 19.4. The summed E-state index contributed by atoms with van der Waals surface area (Å²) in [5, 5.41) is 12.6. The Morgan fingerprint density at radius 3 is 2.23 bits per heavy atom. The van der Waals surface area contributed by atoms with Crippen molar-refractivity contribution in [3.8, 4) is 5.69 Å². The van der Waals surface area contributed by atoms with Gasteiger partial charge in [0.15, 0.2) is 0 Å². The summed E-state index contributed by atoms with van der Waals surface area (Å²) in [6.45, 7) is 0. The van der Waals surface area contributed by atoms with Crippen LogP contribution in [0.1, 0.15) is 5.56 Å². The van der Waals surface area contributed by atoms with Crippen LogP contribution in [0.2, 0.25) is 0 Å². The number of hydrogen-bond donors (Lipinski definition) is 2. The van der Waals surface area contributed by atoms with E-state index in [0.29, 0.717) is 16.3 Å². The summed E-state index contributed by atoms with van der Waals surface area (Å²) in [4.78, 5) is 12.8. The van der Waals surface area contributed by atoms with Crippen molar-refractivity contribution < 1.29 is 13.2 Å². The van der Waals surface area contributed by atoms with Gasteiger partial charge in [-0.1, -0.05) is 24.3 Å². The van der Waals surface area contributed by atoms with E-state index in [1.807, 2.05) is 0 Å². The van der Waals surface area contributed by atoms with Crippen molar-refractivity contribution in [1.29, 1.82) is 5.41 Å². The number of halogens is 3. The molecule has 0 aliphatic rings. The molecule has 0 atom stereocenters. The molecule has 0 aliphatic carbocycles. The van der Waals surface area contributed by atoms with E-state index >= 15 is 0 Å². The van der Waals surface area contributed by atoms with Crippen LogP contribution in [0.4, 0.5) is 13.2 Å². The van der Waals surface area contributed by atoms with Crippen LogP contribution in [0.25, 0.3) is 27.5 Å². The van der Waals surface area contributed by atoms with Crippen LogP contribution in [-0.4, -0.2) is 14.3 Å². The van der Waals surface area contributed by atoms with E-state index in [4.69, 9.17) is 5.41 Å². The third kappa shape index (κ3) is 2.26. The molecule has 0 saturated carbocycles. The van der Waals surface area contributed by atoms with Gasteiger partial charge in [0.25, 0.3) is 5.56 Å². The maximum absolute atomic E-state index is 12.8. The Morgan fingerprint density at radius 1 is 1.00 bits per heavy atom. The lowest BCUT2D eigenvalue weighted by molar-refractivity contribution is -0.137. The molecule has 2 heterocycles. The van der Waals surface area contributed by atoms with Crippen molar-refractivity contribution in [1.82, 2.24) is 14.3 Å². The monoisotopic (exact) mass is 358 g/mol. The van der Waals surface area contributed by atoms with Crippen LogP contribution >= 0.6 is 0 Å². The van der Waals surface area contributed by atoms with Crippen molar-refractivity contribution in [2.75, 3.05) is 0 Å². The molecule has 0 radical (unpaired) electrons. The summed E-state index contributed by atoms with van der Waals surface area (Å²) in [6, 6.07) is 11.5. The molecule has 0 spiro atoms. The number of fused-ring (bicyclic) bond motifs is 3. The molecular formula is C18H13F3N4O. The number of nitrogens with one attached hydrogen (secondary N) is 2. The van der Waals surface area contributed by atoms with Crippen LogP contribution in [0.5, 0.6) is 0 Å². The standard InChI is InChI=1S/C18H13F3N4O/c1-24-15-14(12-4-2-3-5-13(12)16(24)22)23-25(17(15)26)11-8-6-10(7-9-11)18(19,20)21/h2-9,22-23H,1H3. The fourth-order valence-corrected chi connectivity index (χ4v) is 3.11. The zero-order valence-corrected chi connectivity index (χ0v) is 13.6. The fraction of sp³-hybridized carbons (Fsp3) is 0.111. The Morgan fingerprint density at radius 2 is 1.62 bits per heavy atom. The van der Waals surface area contributed by atoms with Gasteiger partial charge >= 0.3 is 6.18 Å². The van der Waals surface area contributed by atoms with Gasteiger partial charge < -0.3 is 4.57 Å². The van der Waals surface area contributed by atoms with Crippen LogP contribution in [0.15, 0.2) is 53.3 Å². The molecule has 0 bridgehead atoms. The predicted octanol–water partition coefficient (Wildman–Crippen LogP) is 3.31. The molecule has 2 aromatic carbocycles. The van der Waals surface area contributed by atoms with E-state index in [0.717, 1.165) is 12.1 Å². The summed E-state index contributed by atoms with van der Waals surface area (Å²) in [7, 11) is 1.61. The van der Waals surface area contributed by atoms with Crippen LogP contribution in [0.3, 0.4) is 0 Å². The molecule has 8 heteroatoms. The second-order valence-corrected chi connectivity index (χ2v) is 5.97. The Bertz CT molecular complexity index is 1260. The van der Waals surface area contributed by atoms with Gasteiger partial charge in [0.2, 0.25) is 0 Å². The second-order valence-electron chi connectivity index (χ2n) is 5.97. The predicted molar refractivity (Wildman–Crippen MR) is 91.2 cm³/mol. The highest BCUT2D eigenvalue weighted by Crippen LogP contribution is 2.29. The van der Waals surface area contributed by atoms with Crippen molar-refractivity contribution in [2.24, 2.45) is 7.05 Å². The lowest BCUT2D eigenvalue weighted by Gasteiger charge is -2.07. The van der Waals surface area contributed by atoms with E-state index in [2.05, 4.69) is 5.10 Å². The van der Waals surface area contributed by atoms with Crippen LogP contribution in [0, 0.1) is 5.41 Å². The zero-order valence-electron chi connectivity index (χ0n) is 13.6. The molecule has 132 valence electrons. The number of hydrogen-bond acceptors (Lipinski definition) is 2. The molecule has 0 amide bonds. The van der Waals surface area contributed by atoms with Gasteiger partial charge in [0, 0.05) is 17.8 Å². The number of pyridine rings is 1. The summed E-state index contributed by atoms with van der Waals surface area (Å²) in [6.07, 6.45) is -4.44. The van der Waals surface area contributed by atoms with Crippen molar-refractivity contribution in [3.05, 3.63) is 69.9 Å². The number of rotatable bonds is 1. The smallest absolute Gasteiger partial charge is 0.323 e. The Balaban J connectivity index is 2.03. The van der Waals surface area contributed by atoms with E-state index in [9.17, 15) is 18.0 Å². The lowest BCUT2D eigenvalue weighted by atomic mass is 10.1. The first-order chi connectivity index (χ1) is 12.3. The molecule has 0 fully saturated rings. The SMILES string of the molecule is Cn1c(=N)c2ccccc2c2[nH]n(-c3ccc(C(F)(F)F)cc3)c(=O)c21. The number of aromatic nitrogens is 3. The average Bonchev–Trinajstić information content (AvgIpc) is 2.97. The van der Waals surface area contributed by atoms with Gasteiger partial charge in [0.05, 0.1) is 16.8 Å². The fourth-order valence-electron chi connectivity index (χ4n) is 3.11. The Hall–Kier alpha value is -3.29. The number of nitrogens with zero attached hydrogens (tertiary/aromatic N) is 2. The minimum atomic E-state index is -4.44. The summed E-state index contributed by atoms with van der Waals surface area (Å²) in [5.41, 5.74) is 0.0764. The minimum Gasteiger partial charge on any atom is -0.323 e. The van der Waals surface area contributed by atoms with Gasteiger partial charge in [-0.25, -0.2) is 4.68 Å². The third-order valence-electron chi connectivity index (χ3n) is 4.44. The van der Waals surface area contributed by atoms with E-state index < -0.39 is 17.3 Å². The van der Waals surface area contributed by atoms with Crippen molar-refractivity contribution in [2.45, 2.75) is 6.18 Å². The van der Waals surface area contributed by atoms with Gasteiger partial charge in [-0.15, -0.1) is 0 Å². The number of aromatic amines is 1. The maximum Gasteiger partial charge on any atom is 0.416 e. The molecule has 0 unspecified atom stereocenters. The van der Waals surface area contributed by atoms with Gasteiger partial charge in [-0.3, -0.25) is 15.3 Å². The first kappa shape index (κ1) is 16.2. The molecule has 0 saturated heterocycles. The molecule has 5 nitrogen and oxygen atoms in total. The molecule has 2 aromatic heterocycles. The normalized spacial score (nSPS) is 12.2. The molecule has 4 aromatic rings. The van der Waals surface area contributed by atoms with Gasteiger partial charge in [-0.05, 0) is 24.3 Å². The highest BCUT2D eigenvalue weighted by Gasteiger charge is 2.30. The highest BCUT2D eigenvalue weighted by molar-refractivity contribution is 6.02. The second kappa shape index (κ2) is 5.35. The summed E-state index contributed by atoms with van der Waals surface area (Å²) in [5.74, 6) is 0. The number of alkyl halides is 3. The van der Waals surface area contributed by atoms with E-state index in [1.54, 1.807) is 31.3 Å². The van der Waals surface area contributed by atoms with E-state index in [-0.39, 0.29) is 16.7 Å². The lowest BCUT2D eigenvalue weighted by Crippen LogP contribution is -2.23. The third-order valence-corrected chi connectivity index (χ3v) is 4.44. The molecule has 2 N–H and O–H groups in total. The van der Waals surface area contributed by atoms with Crippen molar-refractivity contribution in [3.63, 3.8) is 0 Å². The van der Waals surface area contributed by atoms with Crippen LogP contribution < -0.4 is 11.0 Å². The van der Waals surface area contributed by atoms with Gasteiger partial charge in [-0.2, -0.15) is 13.2 Å². The quantitative estimate of drug-likeness (QED) is 0.539. The van der Waals surface area contributed by atoms with Crippen LogP contribution in [-0.2, 0) is 13.2 Å². The average molecular weight is 358 g/mol. The summed E-state index contributed by atoms with van der Waals surface area (Å²) >= 11 is 0. The topological polar surface area (TPSA) is 66.6 Å².